The largest absolute Gasteiger partial charge is 0.373 e. The summed E-state index contributed by atoms with van der Waals surface area (Å²) in [6.07, 6.45) is 0.591. The fourth-order valence-corrected chi connectivity index (χ4v) is 2.72. The molecule has 0 aliphatic carbocycles. The van der Waals surface area contributed by atoms with Crippen molar-refractivity contribution in [2.45, 2.75) is 45.4 Å². The molecular weight excluding hydrogens is 252 g/mol. The molecule has 0 N–H and O–H groups in total. The van der Waals surface area contributed by atoms with Crippen LogP contribution in [0.25, 0.3) is 0 Å². The van der Waals surface area contributed by atoms with Gasteiger partial charge in [0.15, 0.2) is 5.96 Å². The number of hydrogen-bond donors (Lipinski definition) is 0. The summed E-state index contributed by atoms with van der Waals surface area (Å²) in [6.45, 7) is 11.6. The maximum Gasteiger partial charge on any atom is 0.195 e. The monoisotopic (exact) mass is 284 g/mol. The van der Waals surface area contributed by atoms with Crippen molar-refractivity contribution in [3.63, 3.8) is 0 Å². The average molecular weight is 284 g/mol. The molecule has 2 unspecified atom stereocenters. The third kappa shape index (κ3) is 4.63. The molecule has 1 fully saturated rings. The highest BCUT2D eigenvalue weighted by Gasteiger charge is 2.33. The van der Waals surface area contributed by atoms with Gasteiger partial charge in [-0.3, -0.25) is 9.89 Å². The SMILES string of the molecule is CC1CN(C(C)(C)CN=C(N(C)C)N(C)C)CC(C)O1. The lowest BCUT2D eigenvalue weighted by atomic mass is 10.0. The zero-order valence-electron chi connectivity index (χ0n) is 14.5. The van der Waals surface area contributed by atoms with Crippen LogP contribution in [0.2, 0.25) is 0 Å². The molecule has 1 rings (SSSR count). The highest BCUT2D eigenvalue weighted by Crippen LogP contribution is 2.21. The standard InChI is InChI=1S/C15H32N4O/c1-12-9-19(10-13(2)20-12)15(3,4)11-16-14(17(5)6)18(7)8/h12-13H,9-11H2,1-8H3. The summed E-state index contributed by atoms with van der Waals surface area (Å²) in [7, 11) is 8.13. The van der Waals surface area contributed by atoms with E-state index in [2.05, 4.69) is 42.4 Å². The van der Waals surface area contributed by atoms with Gasteiger partial charge in [-0.1, -0.05) is 0 Å². The fourth-order valence-electron chi connectivity index (χ4n) is 2.72. The second-order valence-electron chi connectivity index (χ2n) is 6.88. The van der Waals surface area contributed by atoms with Crippen LogP contribution in [0.15, 0.2) is 4.99 Å². The van der Waals surface area contributed by atoms with Gasteiger partial charge >= 0.3 is 0 Å². The van der Waals surface area contributed by atoms with Crippen LogP contribution in [0.5, 0.6) is 0 Å². The molecule has 5 heteroatoms. The Morgan fingerprint density at radius 2 is 1.55 bits per heavy atom. The van der Waals surface area contributed by atoms with Gasteiger partial charge in [0.2, 0.25) is 0 Å². The molecular formula is C15H32N4O. The maximum atomic E-state index is 5.82. The van der Waals surface area contributed by atoms with E-state index < -0.39 is 0 Å². The zero-order valence-corrected chi connectivity index (χ0v) is 14.5. The van der Waals surface area contributed by atoms with Crippen molar-refractivity contribution in [1.82, 2.24) is 14.7 Å². The number of nitrogens with zero attached hydrogens (tertiary/aromatic N) is 4. The number of ether oxygens (including phenoxy) is 1. The summed E-state index contributed by atoms with van der Waals surface area (Å²) < 4.78 is 5.82. The topological polar surface area (TPSA) is 31.3 Å². The van der Waals surface area contributed by atoms with Crippen molar-refractivity contribution < 1.29 is 4.74 Å². The number of morpholine rings is 1. The lowest BCUT2D eigenvalue weighted by molar-refractivity contribution is -0.0939. The van der Waals surface area contributed by atoms with Crippen molar-refractivity contribution in [2.75, 3.05) is 47.8 Å². The molecule has 1 heterocycles. The number of hydrogen-bond acceptors (Lipinski definition) is 3. The smallest absolute Gasteiger partial charge is 0.195 e. The Morgan fingerprint density at radius 3 is 1.95 bits per heavy atom. The minimum Gasteiger partial charge on any atom is -0.373 e. The normalized spacial score (nSPS) is 24.4. The molecule has 0 spiro atoms. The Morgan fingerprint density at radius 1 is 1.10 bits per heavy atom. The molecule has 0 saturated carbocycles. The molecule has 118 valence electrons. The molecule has 1 aliphatic heterocycles. The Hall–Kier alpha value is -0.810. The number of rotatable bonds is 3. The first-order valence-corrected chi connectivity index (χ1v) is 7.43. The van der Waals surface area contributed by atoms with Gasteiger partial charge in [0.1, 0.15) is 0 Å². The van der Waals surface area contributed by atoms with Gasteiger partial charge in [-0.05, 0) is 27.7 Å². The lowest BCUT2D eigenvalue weighted by Gasteiger charge is -2.44. The molecule has 2 atom stereocenters. The highest BCUT2D eigenvalue weighted by atomic mass is 16.5. The summed E-state index contributed by atoms with van der Waals surface area (Å²) in [6, 6.07) is 0. The van der Waals surface area contributed by atoms with Crippen LogP contribution in [-0.4, -0.2) is 86.2 Å². The van der Waals surface area contributed by atoms with Gasteiger partial charge in [0, 0.05) is 46.8 Å². The zero-order chi connectivity index (χ0) is 15.5. The van der Waals surface area contributed by atoms with E-state index >= 15 is 0 Å². The van der Waals surface area contributed by atoms with Gasteiger partial charge in [-0.15, -0.1) is 0 Å². The first-order chi connectivity index (χ1) is 9.13. The summed E-state index contributed by atoms with van der Waals surface area (Å²) >= 11 is 0. The van der Waals surface area contributed by atoms with E-state index in [0.717, 1.165) is 25.6 Å². The second kappa shape index (κ2) is 6.76. The van der Waals surface area contributed by atoms with Crippen LogP contribution in [-0.2, 0) is 4.74 Å². The van der Waals surface area contributed by atoms with E-state index in [-0.39, 0.29) is 5.54 Å². The van der Waals surface area contributed by atoms with Crippen LogP contribution < -0.4 is 0 Å². The van der Waals surface area contributed by atoms with Gasteiger partial charge in [0.25, 0.3) is 0 Å². The second-order valence-corrected chi connectivity index (χ2v) is 6.88. The molecule has 20 heavy (non-hydrogen) atoms. The molecule has 1 aliphatic rings. The van der Waals surface area contributed by atoms with E-state index in [9.17, 15) is 0 Å². The quantitative estimate of drug-likeness (QED) is 0.578. The fraction of sp³-hybridized carbons (Fsp3) is 0.933. The van der Waals surface area contributed by atoms with Crippen molar-refractivity contribution in [1.29, 1.82) is 0 Å². The molecule has 0 amide bonds. The molecule has 0 aromatic carbocycles. The Kier molecular flexibility index (Phi) is 5.83. The van der Waals surface area contributed by atoms with Crippen molar-refractivity contribution >= 4 is 5.96 Å². The van der Waals surface area contributed by atoms with Crippen molar-refractivity contribution in [3.05, 3.63) is 0 Å². The minimum absolute atomic E-state index is 0.0452. The van der Waals surface area contributed by atoms with Gasteiger partial charge in [0.05, 0.1) is 18.8 Å². The number of guanidine groups is 1. The van der Waals surface area contributed by atoms with Crippen LogP contribution in [0.4, 0.5) is 0 Å². The summed E-state index contributed by atoms with van der Waals surface area (Å²) in [5.74, 6) is 1.01. The first-order valence-electron chi connectivity index (χ1n) is 7.43. The lowest BCUT2D eigenvalue weighted by Crippen LogP contribution is -2.56. The summed E-state index contributed by atoms with van der Waals surface area (Å²) in [5.41, 5.74) is 0.0452. The molecule has 5 nitrogen and oxygen atoms in total. The van der Waals surface area contributed by atoms with Gasteiger partial charge in [-0.25, -0.2) is 0 Å². The predicted octanol–water partition coefficient (Wildman–Crippen LogP) is 1.35. The Labute approximate surface area is 124 Å². The average Bonchev–Trinajstić information content (AvgIpc) is 2.26. The van der Waals surface area contributed by atoms with Crippen LogP contribution in [0.1, 0.15) is 27.7 Å². The van der Waals surface area contributed by atoms with Crippen LogP contribution >= 0.6 is 0 Å². The maximum absolute atomic E-state index is 5.82. The summed E-state index contributed by atoms with van der Waals surface area (Å²) in [5, 5.41) is 0. The van der Waals surface area contributed by atoms with E-state index in [0.29, 0.717) is 12.2 Å². The summed E-state index contributed by atoms with van der Waals surface area (Å²) in [4.78, 5) is 11.4. The predicted molar refractivity (Wildman–Crippen MR) is 85.3 cm³/mol. The third-order valence-electron chi connectivity index (χ3n) is 3.68. The van der Waals surface area contributed by atoms with Gasteiger partial charge < -0.3 is 14.5 Å². The number of aliphatic imine (C=N–C) groups is 1. The van der Waals surface area contributed by atoms with Gasteiger partial charge in [-0.2, -0.15) is 0 Å². The highest BCUT2D eigenvalue weighted by molar-refractivity contribution is 5.79. The molecule has 1 saturated heterocycles. The molecule has 0 bridgehead atoms. The molecule has 0 radical (unpaired) electrons. The molecule has 0 aromatic heterocycles. The van der Waals surface area contributed by atoms with Crippen molar-refractivity contribution in [2.24, 2.45) is 4.99 Å². The minimum atomic E-state index is 0.0452. The third-order valence-corrected chi connectivity index (χ3v) is 3.68. The van der Waals surface area contributed by atoms with E-state index in [4.69, 9.17) is 9.73 Å². The van der Waals surface area contributed by atoms with Crippen LogP contribution in [0, 0.1) is 0 Å². The van der Waals surface area contributed by atoms with Crippen LogP contribution in [0.3, 0.4) is 0 Å². The Balaban J connectivity index is 2.75. The van der Waals surface area contributed by atoms with E-state index in [1.54, 1.807) is 0 Å². The molecule has 0 aromatic rings. The van der Waals surface area contributed by atoms with E-state index in [1.165, 1.54) is 0 Å². The van der Waals surface area contributed by atoms with E-state index in [1.807, 2.05) is 28.2 Å². The first kappa shape index (κ1) is 17.2. The van der Waals surface area contributed by atoms with Crippen molar-refractivity contribution in [3.8, 4) is 0 Å². The Bertz CT molecular complexity index is 319.